The molecule has 1 aliphatic rings. The van der Waals surface area contributed by atoms with Crippen molar-refractivity contribution in [2.75, 3.05) is 20.2 Å². The van der Waals surface area contributed by atoms with E-state index in [9.17, 15) is 4.79 Å². The van der Waals surface area contributed by atoms with Gasteiger partial charge in [0.2, 0.25) is 0 Å². The molecule has 1 atom stereocenters. The Labute approximate surface area is 95.2 Å². The maximum absolute atomic E-state index is 11.3. The molecule has 16 heavy (non-hydrogen) atoms. The van der Waals surface area contributed by atoms with Gasteiger partial charge in [0, 0.05) is 25.5 Å². The zero-order valence-electron chi connectivity index (χ0n) is 9.43. The smallest absolute Gasteiger partial charge is 0.323 e. The van der Waals surface area contributed by atoms with Crippen LogP contribution in [0.4, 0.5) is 0 Å². The first-order valence-corrected chi connectivity index (χ1v) is 5.52. The van der Waals surface area contributed by atoms with Gasteiger partial charge in [-0.3, -0.25) is 14.7 Å². The first kappa shape index (κ1) is 11.1. The van der Waals surface area contributed by atoms with Gasteiger partial charge in [-0.15, -0.1) is 0 Å². The highest BCUT2D eigenvalue weighted by molar-refractivity contribution is 5.76. The van der Waals surface area contributed by atoms with Gasteiger partial charge < -0.3 is 4.74 Å². The molecule has 0 saturated carbocycles. The third kappa shape index (κ3) is 2.39. The van der Waals surface area contributed by atoms with Gasteiger partial charge in [-0.1, -0.05) is 0 Å². The summed E-state index contributed by atoms with van der Waals surface area (Å²) in [5.41, 5.74) is 1.26. The number of nitrogens with zero attached hydrogens (tertiary/aromatic N) is 2. The Kier molecular flexibility index (Phi) is 3.51. The number of esters is 1. The third-order valence-corrected chi connectivity index (χ3v) is 3.04. The van der Waals surface area contributed by atoms with E-state index >= 15 is 0 Å². The Balaban J connectivity index is 1.81. The molecule has 0 amide bonds. The third-order valence-electron chi connectivity index (χ3n) is 3.04. The van der Waals surface area contributed by atoms with E-state index < -0.39 is 0 Å². The lowest BCUT2D eigenvalue weighted by Crippen LogP contribution is -2.53. The van der Waals surface area contributed by atoms with Crippen molar-refractivity contribution >= 4 is 5.97 Å². The highest BCUT2D eigenvalue weighted by Gasteiger charge is 2.34. The molecule has 1 unspecified atom stereocenters. The van der Waals surface area contributed by atoms with Gasteiger partial charge >= 0.3 is 5.97 Å². The summed E-state index contributed by atoms with van der Waals surface area (Å²) >= 11 is 0. The van der Waals surface area contributed by atoms with Crippen LogP contribution in [0, 0.1) is 0 Å². The van der Waals surface area contributed by atoms with Gasteiger partial charge in [0.15, 0.2) is 0 Å². The van der Waals surface area contributed by atoms with Crippen LogP contribution in [-0.2, 0) is 16.0 Å². The first-order chi connectivity index (χ1) is 7.81. The van der Waals surface area contributed by atoms with Crippen LogP contribution in [0.3, 0.4) is 0 Å². The molecule has 1 aromatic rings. The van der Waals surface area contributed by atoms with Crippen LogP contribution in [0.5, 0.6) is 0 Å². The van der Waals surface area contributed by atoms with E-state index in [-0.39, 0.29) is 12.0 Å². The molecule has 0 bridgehead atoms. The lowest BCUT2D eigenvalue weighted by Gasteiger charge is -2.38. The van der Waals surface area contributed by atoms with Gasteiger partial charge in [0.25, 0.3) is 0 Å². The average molecular weight is 220 g/mol. The summed E-state index contributed by atoms with van der Waals surface area (Å²) in [6, 6.07) is 3.99. The highest BCUT2D eigenvalue weighted by atomic mass is 16.5. The van der Waals surface area contributed by atoms with E-state index in [1.54, 1.807) is 12.4 Å². The van der Waals surface area contributed by atoms with Crippen LogP contribution in [0.15, 0.2) is 24.5 Å². The van der Waals surface area contributed by atoms with E-state index in [4.69, 9.17) is 4.74 Å². The van der Waals surface area contributed by atoms with Crippen LogP contribution in [-0.4, -0.2) is 42.1 Å². The summed E-state index contributed by atoms with van der Waals surface area (Å²) in [6.45, 7) is 1.90. The molecule has 1 aliphatic heterocycles. The minimum Gasteiger partial charge on any atom is -0.468 e. The number of hydrogen-bond donors (Lipinski definition) is 0. The molecule has 0 radical (unpaired) electrons. The Hall–Kier alpha value is -1.42. The number of hydrogen-bond acceptors (Lipinski definition) is 4. The van der Waals surface area contributed by atoms with E-state index in [0.29, 0.717) is 0 Å². The highest BCUT2D eigenvalue weighted by Crippen LogP contribution is 2.18. The fourth-order valence-corrected chi connectivity index (χ4v) is 1.93. The molecule has 1 fully saturated rings. The lowest BCUT2D eigenvalue weighted by atomic mass is 10.0. The van der Waals surface area contributed by atoms with Gasteiger partial charge in [0.1, 0.15) is 6.04 Å². The zero-order valence-corrected chi connectivity index (χ0v) is 9.43. The second-order valence-corrected chi connectivity index (χ2v) is 3.97. The summed E-state index contributed by atoms with van der Waals surface area (Å²) in [5.74, 6) is -0.110. The van der Waals surface area contributed by atoms with Gasteiger partial charge in [-0.05, 0) is 30.5 Å². The van der Waals surface area contributed by atoms with E-state index in [2.05, 4.69) is 9.88 Å². The Morgan fingerprint density at radius 2 is 2.31 bits per heavy atom. The quantitative estimate of drug-likeness (QED) is 0.706. The molecule has 0 aliphatic carbocycles. The van der Waals surface area contributed by atoms with Crippen molar-refractivity contribution < 1.29 is 9.53 Å². The second-order valence-electron chi connectivity index (χ2n) is 3.97. The molecular formula is C12H16N2O2. The molecular weight excluding hydrogens is 204 g/mol. The Morgan fingerprint density at radius 1 is 1.56 bits per heavy atom. The van der Waals surface area contributed by atoms with Gasteiger partial charge in [0.05, 0.1) is 7.11 Å². The van der Waals surface area contributed by atoms with Crippen LogP contribution < -0.4 is 0 Å². The number of pyridine rings is 1. The molecule has 0 spiro atoms. The van der Waals surface area contributed by atoms with Crippen LogP contribution in [0.2, 0.25) is 0 Å². The number of rotatable bonds is 4. The largest absolute Gasteiger partial charge is 0.468 e. The van der Waals surface area contributed by atoms with E-state index in [1.807, 2.05) is 12.1 Å². The lowest BCUT2D eigenvalue weighted by molar-refractivity contribution is -0.151. The predicted octanol–water partition coefficient (Wildman–Crippen LogP) is 0.871. The average Bonchev–Trinajstić information content (AvgIpc) is 2.29. The molecule has 0 aromatic carbocycles. The molecule has 2 rings (SSSR count). The molecule has 86 valence electrons. The van der Waals surface area contributed by atoms with E-state index in [0.717, 1.165) is 25.9 Å². The zero-order chi connectivity index (χ0) is 11.4. The van der Waals surface area contributed by atoms with E-state index in [1.165, 1.54) is 12.7 Å². The molecule has 1 saturated heterocycles. The van der Waals surface area contributed by atoms with Crippen molar-refractivity contribution in [2.45, 2.75) is 18.9 Å². The number of aromatic nitrogens is 1. The monoisotopic (exact) mass is 220 g/mol. The van der Waals surface area contributed by atoms with Crippen molar-refractivity contribution in [1.29, 1.82) is 0 Å². The number of methoxy groups -OCH3 is 1. The summed E-state index contributed by atoms with van der Waals surface area (Å²) in [4.78, 5) is 17.5. The molecule has 0 N–H and O–H groups in total. The minimum atomic E-state index is -0.110. The predicted molar refractivity (Wildman–Crippen MR) is 59.9 cm³/mol. The van der Waals surface area contributed by atoms with Crippen molar-refractivity contribution in [1.82, 2.24) is 9.88 Å². The standard InChI is InChI=1S/C12H16N2O2/c1-16-12(15)11-5-9-14(11)8-4-10-2-6-13-7-3-10/h2-3,6-7,11H,4-5,8-9H2,1H3. The van der Waals surface area contributed by atoms with Crippen molar-refractivity contribution in [3.63, 3.8) is 0 Å². The Morgan fingerprint density at radius 3 is 2.88 bits per heavy atom. The molecule has 2 heterocycles. The maximum atomic E-state index is 11.3. The van der Waals surface area contributed by atoms with Crippen molar-refractivity contribution in [3.05, 3.63) is 30.1 Å². The summed E-state index contributed by atoms with van der Waals surface area (Å²) in [5, 5.41) is 0. The molecule has 1 aromatic heterocycles. The van der Waals surface area contributed by atoms with Crippen molar-refractivity contribution in [3.8, 4) is 0 Å². The number of likely N-dealkylation sites (tertiary alicyclic amines) is 1. The number of ether oxygens (including phenoxy) is 1. The Bertz CT molecular complexity index is 353. The first-order valence-electron chi connectivity index (χ1n) is 5.52. The molecule has 4 heteroatoms. The topological polar surface area (TPSA) is 42.4 Å². The van der Waals surface area contributed by atoms with Gasteiger partial charge in [-0.25, -0.2) is 0 Å². The SMILES string of the molecule is COC(=O)C1CCN1CCc1ccncc1. The van der Waals surface area contributed by atoms with Crippen LogP contribution in [0.1, 0.15) is 12.0 Å². The fourth-order valence-electron chi connectivity index (χ4n) is 1.93. The normalized spacial score (nSPS) is 20.2. The summed E-state index contributed by atoms with van der Waals surface area (Å²) in [7, 11) is 1.45. The summed E-state index contributed by atoms with van der Waals surface area (Å²) in [6.07, 6.45) is 5.46. The molecule has 4 nitrogen and oxygen atoms in total. The number of carbonyl (C=O) groups excluding carboxylic acids is 1. The fraction of sp³-hybridized carbons (Fsp3) is 0.500. The summed E-state index contributed by atoms with van der Waals surface area (Å²) < 4.78 is 4.75. The van der Waals surface area contributed by atoms with Crippen molar-refractivity contribution in [2.24, 2.45) is 0 Å². The minimum absolute atomic E-state index is 0.0214. The number of carbonyl (C=O) groups is 1. The van der Waals surface area contributed by atoms with Crippen LogP contribution >= 0.6 is 0 Å². The van der Waals surface area contributed by atoms with Gasteiger partial charge in [-0.2, -0.15) is 0 Å². The maximum Gasteiger partial charge on any atom is 0.323 e. The second kappa shape index (κ2) is 5.07. The van der Waals surface area contributed by atoms with Crippen LogP contribution in [0.25, 0.3) is 0 Å².